The van der Waals surface area contributed by atoms with E-state index in [1.54, 1.807) is 24.3 Å². The molecule has 0 bridgehead atoms. The van der Waals surface area contributed by atoms with Crippen LogP contribution in [-0.4, -0.2) is 42.8 Å². The average molecular weight is 382 g/mol. The Hall–Kier alpha value is -2.70. The number of amides is 2. The lowest BCUT2D eigenvalue weighted by Crippen LogP contribution is -2.36. The topological polar surface area (TPSA) is 87.7 Å². The van der Waals surface area contributed by atoms with E-state index in [0.717, 1.165) is 12.0 Å². The molecule has 6 heteroatoms. The second-order valence-electron chi connectivity index (χ2n) is 7.05. The number of hydrogen-bond donors (Lipinski definition) is 3. The fourth-order valence-corrected chi connectivity index (χ4v) is 3.30. The van der Waals surface area contributed by atoms with E-state index in [0.29, 0.717) is 18.7 Å². The zero-order valence-electron chi connectivity index (χ0n) is 15.7. The first kappa shape index (κ1) is 20.0. The maximum Gasteiger partial charge on any atom is 0.251 e. The Morgan fingerprint density at radius 1 is 1.07 bits per heavy atom. The molecule has 2 aromatic rings. The summed E-state index contributed by atoms with van der Waals surface area (Å²) in [6, 6.07) is 18.0. The second kappa shape index (κ2) is 10.0. The van der Waals surface area contributed by atoms with E-state index >= 15 is 0 Å². The molecule has 1 aliphatic heterocycles. The zero-order valence-corrected chi connectivity index (χ0v) is 15.7. The van der Waals surface area contributed by atoms with Crippen molar-refractivity contribution in [1.29, 1.82) is 0 Å². The largest absolute Gasteiger partial charge is 0.396 e. The van der Waals surface area contributed by atoms with Crippen molar-refractivity contribution in [2.24, 2.45) is 5.92 Å². The fraction of sp³-hybridized carbons (Fsp3) is 0.364. The number of carbonyl (C=O) groups excluding carboxylic acids is 2. The Labute approximate surface area is 164 Å². The van der Waals surface area contributed by atoms with Gasteiger partial charge in [0, 0.05) is 24.6 Å². The summed E-state index contributed by atoms with van der Waals surface area (Å²) in [6.07, 6.45) is 0.803. The number of carbonyl (C=O) groups is 2. The van der Waals surface area contributed by atoms with Crippen molar-refractivity contribution in [2.45, 2.75) is 25.0 Å². The molecule has 0 spiro atoms. The molecule has 2 aromatic carbocycles. The van der Waals surface area contributed by atoms with Gasteiger partial charge in [-0.2, -0.15) is 0 Å². The zero-order chi connectivity index (χ0) is 19.8. The lowest BCUT2D eigenvalue weighted by Gasteiger charge is -2.20. The van der Waals surface area contributed by atoms with Crippen LogP contribution in [0.2, 0.25) is 0 Å². The van der Waals surface area contributed by atoms with Crippen molar-refractivity contribution in [3.63, 3.8) is 0 Å². The number of nitrogens with one attached hydrogen (secondary N) is 2. The molecule has 3 atom stereocenters. The van der Waals surface area contributed by atoms with E-state index in [-0.39, 0.29) is 36.9 Å². The quantitative estimate of drug-likeness (QED) is 0.652. The van der Waals surface area contributed by atoms with Gasteiger partial charge in [0.1, 0.15) is 0 Å². The summed E-state index contributed by atoms with van der Waals surface area (Å²) in [5, 5.41) is 15.0. The summed E-state index contributed by atoms with van der Waals surface area (Å²) in [4.78, 5) is 25.0. The predicted octanol–water partition coefficient (Wildman–Crippen LogP) is 2.06. The van der Waals surface area contributed by atoms with Crippen LogP contribution in [-0.2, 0) is 9.53 Å². The van der Waals surface area contributed by atoms with Crippen LogP contribution >= 0.6 is 0 Å². The SMILES string of the molecule is O=C(CC(NC(=O)c1ccccc1)c1ccccc1)NCC1CC(CO)CO1. The summed E-state index contributed by atoms with van der Waals surface area (Å²) in [5.74, 6) is -0.227. The highest BCUT2D eigenvalue weighted by Gasteiger charge is 2.26. The standard InChI is InChI=1S/C22H26N2O4/c25-14-16-11-19(28-15-16)13-23-21(26)12-20(17-7-3-1-4-8-17)24-22(27)18-9-5-2-6-10-18/h1-10,16,19-20,25H,11-15H2,(H,23,26)(H,24,27). The number of benzene rings is 2. The van der Waals surface area contributed by atoms with Gasteiger partial charge in [-0.05, 0) is 24.1 Å². The molecule has 0 saturated carbocycles. The van der Waals surface area contributed by atoms with E-state index in [4.69, 9.17) is 4.74 Å². The van der Waals surface area contributed by atoms with Crippen LogP contribution in [0.3, 0.4) is 0 Å². The Morgan fingerprint density at radius 2 is 1.75 bits per heavy atom. The van der Waals surface area contributed by atoms with Gasteiger partial charge in [-0.25, -0.2) is 0 Å². The smallest absolute Gasteiger partial charge is 0.251 e. The van der Waals surface area contributed by atoms with Gasteiger partial charge in [0.15, 0.2) is 0 Å². The Morgan fingerprint density at radius 3 is 2.39 bits per heavy atom. The molecule has 3 N–H and O–H groups in total. The maximum atomic E-state index is 12.6. The molecule has 1 aliphatic rings. The third-order valence-corrected chi connectivity index (χ3v) is 4.88. The lowest BCUT2D eigenvalue weighted by molar-refractivity contribution is -0.122. The Kier molecular flexibility index (Phi) is 7.17. The molecule has 0 aliphatic carbocycles. The van der Waals surface area contributed by atoms with Crippen molar-refractivity contribution < 1.29 is 19.4 Å². The van der Waals surface area contributed by atoms with Gasteiger partial charge in [0.05, 0.1) is 25.2 Å². The third-order valence-electron chi connectivity index (χ3n) is 4.88. The van der Waals surface area contributed by atoms with Crippen LogP contribution in [0.4, 0.5) is 0 Å². The van der Waals surface area contributed by atoms with Gasteiger partial charge >= 0.3 is 0 Å². The first-order chi connectivity index (χ1) is 13.7. The van der Waals surface area contributed by atoms with E-state index in [9.17, 15) is 14.7 Å². The minimum absolute atomic E-state index is 0.0739. The monoisotopic (exact) mass is 382 g/mol. The maximum absolute atomic E-state index is 12.6. The molecule has 1 saturated heterocycles. The van der Waals surface area contributed by atoms with Gasteiger partial charge in [-0.1, -0.05) is 48.5 Å². The minimum Gasteiger partial charge on any atom is -0.396 e. The van der Waals surface area contributed by atoms with Gasteiger partial charge in [0.25, 0.3) is 5.91 Å². The summed E-state index contributed by atoms with van der Waals surface area (Å²) in [7, 11) is 0. The van der Waals surface area contributed by atoms with Gasteiger partial charge in [-0.3, -0.25) is 9.59 Å². The van der Waals surface area contributed by atoms with Crippen molar-refractivity contribution in [1.82, 2.24) is 10.6 Å². The van der Waals surface area contributed by atoms with E-state index in [1.165, 1.54) is 0 Å². The highest BCUT2D eigenvalue weighted by atomic mass is 16.5. The number of ether oxygens (including phenoxy) is 1. The first-order valence-electron chi connectivity index (χ1n) is 9.55. The van der Waals surface area contributed by atoms with Crippen molar-refractivity contribution in [3.05, 3.63) is 71.8 Å². The highest BCUT2D eigenvalue weighted by molar-refractivity contribution is 5.94. The van der Waals surface area contributed by atoms with E-state index in [1.807, 2.05) is 36.4 Å². The molecule has 28 heavy (non-hydrogen) atoms. The number of hydrogen-bond acceptors (Lipinski definition) is 4. The van der Waals surface area contributed by atoms with Crippen LogP contribution in [0.15, 0.2) is 60.7 Å². The molecule has 6 nitrogen and oxygen atoms in total. The number of aliphatic hydroxyl groups excluding tert-OH is 1. The molecule has 148 valence electrons. The summed E-state index contributed by atoms with van der Waals surface area (Å²) >= 11 is 0. The third kappa shape index (κ3) is 5.65. The van der Waals surface area contributed by atoms with Crippen LogP contribution in [0.5, 0.6) is 0 Å². The second-order valence-corrected chi connectivity index (χ2v) is 7.05. The normalized spacial score (nSPS) is 19.8. The molecule has 0 aromatic heterocycles. The average Bonchev–Trinajstić information content (AvgIpc) is 3.21. The van der Waals surface area contributed by atoms with Crippen LogP contribution in [0.1, 0.15) is 34.8 Å². The highest BCUT2D eigenvalue weighted by Crippen LogP contribution is 2.20. The van der Waals surface area contributed by atoms with Crippen LogP contribution in [0, 0.1) is 5.92 Å². The van der Waals surface area contributed by atoms with Gasteiger partial charge < -0.3 is 20.5 Å². The predicted molar refractivity (Wildman–Crippen MR) is 106 cm³/mol. The summed E-state index contributed by atoms with van der Waals surface area (Å²) in [5.41, 5.74) is 1.43. The lowest BCUT2D eigenvalue weighted by atomic mass is 10.0. The van der Waals surface area contributed by atoms with Gasteiger partial charge in [-0.15, -0.1) is 0 Å². The van der Waals surface area contributed by atoms with Crippen LogP contribution in [0.25, 0.3) is 0 Å². The molecular weight excluding hydrogens is 356 g/mol. The van der Waals surface area contributed by atoms with Crippen LogP contribution < -0.4 is 10.6 Å². The fourth-order valence-electron chi connectivity index (χ4n) is 3.30. The summed E-state index contributed by atoms with van der Waals surface area (Å²) in [6.45, 7) is 1.03. The van der Waals surface area contributed by atoms with Crippen molar-refractivity contribution >= 4 is 11.8 Å². The van der Waals surface area contributed by atoms with E-state index in [2.05, 4.69) is 10.6 Å². The van der Waals surface area contributed by atoms with Gasteiger partial charge in [0.2, 0.25) is 5.91 Å². The number of aliphatic hydroxyl groups is 1. The Balaban J connectivity index is 1.59. The molecule has 3 unspecified atom stereocenters. The molecule has 1 heterocycles. The first-order valence-corrected chi connectivity index (χ1v) is 9.55. The molecule has 0 radical (unpaired) electrons. The molecule has 2 amide bonds. The number of rotatable bonds is 8. The van der Waals surface area contributed by atoms with Crippen molar-refractivity contribution in [3.8, 4) is 0 Å². The minimum atomic E-state index is -0.427. The van der Waals surface area contributed by atoms with E-state index < -0.39 is 6.04 Å². The molecular formula is C22H26N2O4. The molecule has 3 rings (SSSR count). The Bertz CT molecular complexity index is 767. The summed E-state index contributed by atoms with van der Waals surface area (Å²) < 4.78 is 5.57. The van der Waals surface area contributed by atoms with Crippen molar-refractivity contribution in [2.75, 3.05) is 19.8 Å². The molecule has 1 fully saturated rings.